The first kappa shape index (κ1) is 16.8. The van der Waals surface area contributed by atoms with Gasteiger partial charge in [-0.15, -0.1) is 12.4 Å². The number of hydrogen-bond acceptors (Lipinski definition) is 4. The van der Waals surface area contributed by atoms with Crippen LogP contribution in [0.1, 0.15) is 13.8 Å². The van der Waals surface area contributed by atoms with Crippen LogP contribution in [0.4, 0.5) is 0 Å². The molecule has 0 aliphatic heterocycles. The summed E-state index contributed by atoms with van der Waals surface area (Å²) in [5.74, 6) is 0. The van der Waals surface area contributed by atoms with Crippen molar-refractivity contribution in [1.82, 2.24) is 9.71 Å². The van der Waals surface area contributed by atoms with E-state index in [0.717, 1.165) is 5.39 Å². The second kappa shape index (κ2) is 6.05. The van der Waals surface area contributed by atoms with Crippen LogP contribution < -0.4 is 10.5 Å². The highest BCUT2D eigenvalue weighted by Gasteiger charge is 2.26. The number of rotatable bonds is 4. The molecule has 1 aromatic heterocycles. The highest BCUT2D eigenvalue weighted by Crippen LogP contribution is 2.21. The summed E-state index contributed by atoms with van der Waals surface area (Å²) in [7, 11) is -3.65. The van der Waals surface area contributed by atoms with Crippen molar-refractivity contribution in [3.05, 3.63) is 36.5 Å². The minimum Gasteiger partial charge on any atom is -0.329 e. The van der Waals surface area contributed by atoms with E-state index in [1.165, 1.54) is 0 Å². The summed E-state index contributed by atoms with van der Waals surface area (Å²) in [6, 6.07) is 8.68. The third-order valence-corrected chi connectivity index (χ3v) is 4.54. The molecular formula is C13H18ClN3O2S. The molecule has 7 heteroatoms. The van der Waals surface area contributed by atoms with Gasteiger partial charge in [0.2, 0.25) is 10.0 Å². The summed E-state index contributed by atoms with van der Waals surface area (Å²) in [6.07, 6.45) is 1.58. The summed E-state index contributed by atoms with van der Waals surface area (Å²) in [4.78, 5) is 4.33. The zero-order valence-electron chi connectivity index (χ0n) is 11.3. The van der Waals surface area contributed by atoms with Crippen molar-refractivity contribution in [2.75, 3.05) is 6.54 Å². The van der Waals surface area contributed by atoms with E-state index in [4.69, 9.17) is 5.73 Å². The van der Waals surface area contributed by atoms with Crippen LogP contribution in [0.15, 0.2) is 41.4 Å². The van der Waals surface area contributed by atoms with Crippen molar-refractivity contribution in [1.29, 1.82) is 0 Å². The summed E-state index contributed by atoms with van der Waals surface area (Å²) < 4.78 is 27.4. The molecule has 3 N–H and O–H groups in total. The largest absolute Gasteiger partial charge is 0.329 e. The monoisotopic (exact) mass is 315 g/mol. The predicted octanol–water partition coefficient (Wildman–Crippen LogP) is 1.67. The zero-order chi connectivity index (χ0) is 14.1. The topological polar surface area (TPSA) is 85.1 Å². The van der Waals surface area contributed by atoms with Gasteiger partial charge in [0.15, 0.2) is 0 Å². The summed E-state index contributed by atoms with van der Waals surface area (Å²) >= 11 is 0. The van der Waals surface area contributed by atoms with Crippen LogP contribution in [0.2, 0.25) is 0 Å². The average molecular weight is 316 g/mol. The Kier molecular flexibility index (Phi) is 5.10. The number of pyridine rings is 1. The van der Waals surface area contributed by atoms with E-state index in [9.17, 15) is 8.42 Å². The molecule has 0 aliphatic carbocycles. The Morgan fingerprint density at radius 1 is 1.25 bits per heavy atom. The molecule has 0 spiro atoms. The molecule has 0 aliphatic rings. The molecule has 0 unspecified atom stereocenters. The molecule has 1 aromatic carbocycles. The van der Waals surface area contributed by atoms with Gasteiger partial charge in [-0.05, 0) is 26.0 Å². The Labute approximate surface area is 125 Å². The van der Waals surface area contributed by atoms with Gasteiger partial charge in [0, 0.05) is 23.7 Å². The van der Waals surface area contributed by atoms with Crippen LogP contribution in [0.25, 0.3) is 10.9 Å². The summed E-state index contributed by atoms with van der Waals surface area (Å²) in [5.41, 5.74) is 5.33. The fourth-order valence-corrected chi connectivity index (χ4v) is 3.36. The van der Waals surface area contributed by atoms with Crippen LogP contribution in [0.5, 0.6) is 0 Å². The molecule has 20 heavy (non-hydrogen) atoms. The SMILES string of the molecule is CC(C)(CN)NS(=O)(=O)c1cccc2cccnc12.Cl. The molecule has 110 valence electrons. The van der Waals surface area contributed by atoms with Crippen molar-refractivity contribution >= 4 is 33.3 Å². The van der Waals surface area contributed by atoms with E-state index in [1.807, 2.05) is 12.1 Å². The van der Waals surface area contributed by atoms with Gasteiger partial charge in [-0.3, -0.25) is 4.98 Å². The first-order chi connectivity index (χ1) is 8.86. The van der Waals surface area contributed by atoms with Crippen molar-refractivity contribution in [2.45, 2.75) is 24.3 Å². The maximum absolute atomic E-state index is 12.4. The number of aromatic nitrogens is 1. The van der Waals surface area contributed by atoms with E-state index < -0.39 is 15.6 Å². The fourth-order valence-electron chi connectivity index (χ4n) is 1.75. The average Bonchev–Trinajstić information content (AvgIpc) is 2.37. The Bertz CT molecular complexity index is 696. The Morgan fingerprint density at radius 3 is 2.55 bits per heavy atom. The van der Waals surface area contributed by atoms with Crippen molar-refractivity contribution in [2.24, 2.45) is 5.73 Å². The number of nitrogens with two attached hydrogens (primary N) is 1. The molecule has 0 saturated heterocycles. The predicted molar refractivity (Wildman–Crippen MR) is 82.4 cm³/mol. The highest BCUT2D eigenvalue weighted by molar-refractivity contribution is 7.89. The molecule has 0 bridgehead atoms. The molecule has 5 nitrogen and oxygen atoms in total. The van der Waals surface area contributed by atoms with Crippen LogP contribution >= 0.6 is 12.4 Å². The number of para-hydroxylation sites is 1. The van der Waals surface area contributed by atoms with Gasteiger partial charge >= 0.3 is 0 Å². The number of fused-ring (bicyclic) bond motifs is 1. The molecule has 0 radical (unpaired) electrons. The fraction of sp³-hybridized carbons (Fsp3) is 0.308. The molecule has 0 amide bonds. The van der Waals surface area contributed by atoms with Gasteiger partial charge in [0.05, 0.1) is 5.52 Å². The van der Waals surface area contributed by atoms with E-state index in [2.05, 4.69) is 9.71 Å². The third-order valence-electron chi connectivity index (χ3n) is 2.81. The maximum Gasteiger partial charge on any atom is 0.243 e. The molecule has 0 saturated carbocycles. The number of halogens is 1. The maximum atomic E-state index is 12.4. The summed E-state index contributed by atoms with van der Waals surface area (Å²) in [6.45, 7) is 3.69. The van der Waals surface area contributed by atoms with E-state index in [1.54, 1.807) is 38.2 Å². The smallest absolute Gasteiger partial charge is 0.243 e. The molecule has 2 aromatic rings. The second-order valence-electron chi connectivity index (χ2n) is 5.02. The number of nitrogens with zero attached hydrogens (tertiary/aromatic N) is 1. The Morgan fingerprint density at radius 2 is 1.90 bits per heavy atom. The number of nitrogens with one attached hydrogen (secondary N) is 1. The summed E-state index contributed by atoms with van der Waals surface area (Å²) in [5, 5.41) is 0.788. The van der Waals surface area contributed by atoms with Gasteiger partial charge < -0.3 is 5.73 Å². The van der Waals surface area contributed by atoms with Crippen molar-refractivity contribution in [3.8, 4) is 0 Å². The van der Waals surface area contributed by atoms with Crippen LogP contribution in [-0.4, -0.2) is 25.5 Å². The zero-order valence-corrected chi connectivity index (χ0v) is 13.0. The van der Waals surface area contributed by atoms with Gasteiger partial charge in [0.25, 0.3) is 0 Å². The first-order valence-electron chi connectivity index (χ1n) is 5.93. The van der Waals surface area contributed by atoms with E-state index in [-0.39, 0.29) is 23.8 Å². The molecule has 0 fully saturated rings. The molecule has 0 atom stereocenters. The minimum absolute atomic E-state index is 0. The van der Waals surface area contributed by atoms with Crippen LogP contribution in [0.3, 0.4) is 0 Å². The lowest BCUT2D eigenvalue weighted by Gasteiger charge is -2.24. The standard InChI is InChI=1S/C13H17N3O2S.ClH/c1-13(2,9-14)16-19(17,18)11-7-3-5-10-6-4-8-15-12(10)11;/h3-8,16H,9,14H2,1-2H3;1H. The lowest BCUT2D eigenvalue weighted by Crippen LogP contribution is -2.48. The van der Waals surface area contributed by atoms with Gasteiger partial charge in [0.1, 0.15) is 4.90 Å². The number of hydrogen-bond donors (Lipinski definition) is 2. The number of benzene rings is 1. The van der Waals surface area contributed by atoms with Crippen LogP contribution in [-0.2, 0) is 10.0 Å². The first-order valence-corrected chi connectivity index (χ1v) is 7.42. The highest BCUT2D eigenvalue weighted by atomic mass is 35.5. The quantitative estimate of drug-likeness (QED) is 0.898. The van der Waals surface area contributed by atoms with Crippen molar-refractivity contribution in [3.63, 3.8) is 0 Å². The lowest BCUT2D eigenvalue weighted by atomic mass is 10.1. The second-order valence-corrected chi connectivity index (χ2v) is 6.68. The van der Waals surface area contributed by atoms with E-state index >= 15 is 0 Å². The Balaban J connectivity index is 0.00000200. The lowest BCUT2D eigenvalue weighted by molar-refractivity contribution is 0.463. The molecular weight excluding hydrogens is 298 g/mol. The molecule has 1 heterocycles. The third kappa shape index (κ3) is 3.46. The van der Waals surface area contributed by atoms with Gasteiger partial charge in [-0.1, -0.05) is 18.2 Å². The van der Waals surface area contributed by atoms with Crippen LogP contribution in [0, 0.1) is 0 Å². The normalized spacial score (nSPS) is 12.2. The van der Waals surface area contributed by atoms with Crippen molar-refractivity contribution < 1.29 is 8.42 Å². The molecule has 2 rings (SSSR count). The van der Waals surface area contributed by atoms with Gasteiger partial charge in [-0.25, -0.2) is 13.1 Å². The Hall–Kier alpha value is -1.21. The van der Waals surface area contributed by atoms with E-state index in [0.29, 0.717) is 5.52 Å². The minimum atomic E-state index is -3.65. The van der Waals surface area contributed by atoms with Gasteiger partial charge in [-0.2, -0.15) is 0 Å². The number of sulfonamides is 1.